The van der Waals surface area contributed by atoms with Crippen molar-refractivity contribution in [2.24, 2.45) is 10.5 Å². The lowest BCUT2D eigenvalue weighted by molar-refractivity contribution is -0.142. The Kier molecular flexibility index (Phi) is 3.29. The Balaban J connectivity index is 2.16. The quantitative estimate of drug-likeness (QED) is 0.485. The Labute approximate surface area is 116 Å². The zero-order valence-electron chi connectivity index (χ0n) is 11.7. The number of hydrogen-bond acceptors (Lipinski definition) is 4. The minimum Gasteiger partial charge on any atom is -0.480 e. The summed E-state index contributed by atoms with van der Waals surface area (Å²) < 4.78 is 5.27. The van der Waals surface area contributed by atoms with E-state index in [9.17, 15) is 14.7 Å². The molecule has 0 aromatic rings. The van der Waals surface area contributed by atoms with Crippen LogP contribution in [0.1, 0.15) is 33.6 Å². The fraction of sp³-hybridized carbons (Fsp3) is 0.833. The second-order valence-corrected chi connectivity index (χ2v) is 6.42. The van der Waals surface area contributed by atoms with Crippen LogP contribution in [0.5, 0.6) is 0 Å². The SMILES string of the molecule is CC(C)(C)OC(=O)N1C2CC2(CN=[N+]=[N-])C[C@H]1C(=O)O. The maximum atomic E-state index is 12.2. The van der Waals surface area contributed by atoms with Crippen molar-refractivity contribution in [3.63, 3.8) is 0 Å². The van der Waals surface area contributed by atoms with Crippen LogP contribution in [0.4, 0.5) is 4.79 Å². The zero-order chi connectivity index (χ0) is 15.1. The van der Waals surface area contributed by atoms with Crippen LogP contribution in [0.25, 0.3) is 10.4 Å². The molecule has 1 saturated carbocycles. The molecular weight excluding hydrogens is 264 g/mol. The summed E-state index contributed by atoms with van der Waals surface area (Å²) in [6.07, 6.45) is 0.357. The first-order chi connectivity index (χ1) is 9.20. The summed E-state index contributed by atoms with van der Waals surface area (Å²) in [6, 6.07) is -1.11. The molecular formula is C12H18N4O4. The number of hydrogen-bond donors (Lipinski definition) is 1. The Hall–Kier alpha value is -1.95. The zero-order valence-corrected chi connectivity index (χ0v) is 11.7. The van der Waals surface area contributed by atoms with Gasteiger partial charge in [-0.15, -0.1) is 0 Å². The van der Waals surface area contributed by atoms with Gasteiger partial charge in [0.1, 0.15) is 11.6 Å². The van der Waals surface area contributed by atoms with Crippen molar-refractivity contribution in [3.8, 4) is 0 Å². The Morgan fingerprint density at radius 2 is 2.15 bits per heavy atom. The number of aliphatic carboxylic acids is 1. The maximum absolute atomic E-state index is 12.2. The van der Waals surface area contributed by atoms with Crippen molar-refractivity contribution in [2.75, 3.05) is 6.54 Å². The lowest BCUT2D eigenvalue weighted by Gasteiger charge is -2.28. The lowest BCUT2D eigenvalue weighted by Crippen LogP contribution is -2.45. The number of likely N-dealkylation sites (tertiary alicyclic amines) is 1. The molecule has 2 aliphatic rings. The van der Waals surface area contributed by atoms with Gasteiger partial charge in [0.15, 0.2) is 0 Å². The van der Waals surface area contributed by atoms with E-state index in [0.29, 0.717) is 12.8 Å². The summed E-state index contributed by atoms with van der Waals surface area (Å²) in [6.45, 7) is 5.42. The van der Waals surface area contributed by atoms with Gasteiger partial charge in [-0.1, -0.05) is 5.11 Å². The molecule has 1 amide bonds. The number of nitrogens with zero attached hydrogens (tertiary/aromatic N) is 4. The number of fused-ring (bicyclic) bond motifs is 1. The van der Waals surface area contributed by atoms with Gasteiger partial charge in [-0.25, -0.2) is 9.59 Å². The highest BCUT2D eigenvalue weighted by Crippen LogP contribution is 2.60. The molecule has 0 radical (unpaired) electrons. The Bertz CT molecular complexity index is 494. The number of amides is 1. The molecule has 3 atom stereocenters. The molecule has 2 fully saturated rings. The van der Waals surface area contributed by atoms with Gasteiger partial charge in [0.25, 0.3) is 0 Å². The summed E-state index contributed by atoms with van der Waals surface area (Å²) in [4.78, 5) is 27.5. The third-order valence-electron chi connectivity index (χ3n) is 3.76. The average molecular weight is 282 g/mol. The molecule has 8 nitrogen and oxygen atoms in total. The number of carbonyl (C=O) groups is 2. The average Bonchev–Trinajstić information content (AvgIpc) is 2.89. The predicted octanol–water partition coefficient (Wildman–Crippen LogP) is 2.15. The number of carboxylic acids is 1. The maximum Gasteiger partial charge on any atom is 0.411 e. The molecule has 1 saturated heterocycles. The lowest BCUT2D eigenvalue weighted by atomic mass is 10.00. The second-order valence-electron chi connectivity index (χ2n) is 6.42. The number of piperidine rings is 1. The first kappa shape index (κ1) is 14.5. The van der Waals surface area contributed by atoms with Gasteiger partial charge in [-0.2, -0.15) is 0 Å². The normalized spacial score (nSPS) is 31.2. The molecule has 0 bridgehead atoms. The molecule has 2 rings (SSSR count). The molecule has 2 unspecified atom stereocenters. The number of carboxylic acid groups (broad SMARTS) is 1. The standard InChI is InChI=1S/C12H18N4O4/c1-11(2,3)20-10(19)16-7(9(17)18)4-12(5-8(12)16)6-14-15-13/h7-8H,4-6H2,1-3H3,(H,17,18)/t7-,8?,12?/m0/s1. The van der Waals surface area contributed by atoms with Gasteiger partial charge in [-0.05, 0) is 39.1 Å². The fourth-order valence-corrected chi connectivity index (χ4v) is 2.82. The van der Waals surface area contributed by atoms with E-state index in [0.717, 1.165) is 0 Å². The van der Waals surface area contributed by atoms with Gasteiger partial charge < -0.3 is 9.84 Å². The van der Waals surface area contributed by atoms with Gasteiger partial charge in [0.2, 0.25) is 0 Å². The number of carbonyl (C=O) groups excluding carboxylic acids is 1. The first-order valence-electron chi connectivity index (χ1n) is 6.45. The monoisotopic (exact) mass is 282 g/mol. The van der Waals surface area contributed by atoms with E-state index in [1.54, 1.807) is 20.8 Å². The van der Waals surface area contributed by atoms with Crippen LogP contribution >= 0.6 is 0 Å². The summed E-state index contributed by atoms with van der Waals surface area (Å²) in [5, 5.41) is 12.8. The van der Waals surface area contributed by atoms with E-state index in [1.807, 2.05) is 0 Å². The van der Waals surface area contributed by atoms with Crippen molar-refractivity contribution in [1.29, 1.82) is 0 Å². The number of ether oxygens (including phenoxy) is 1. The minimum atomic E-state index is -1.05. The molecule has 1 heterocycles. The van der Waals surface area contributed by atoms with E-state index in [2.05, 4.69) is 10.0 Å². The van der Waals surface area contributed by atoms with E-state index < -0.39 is 23.7 Å². The molecule has 0 aromatic carbocycles. The van der Waals surface area contributed by atoms with Crippen LogP contribution < -0.4 is 0 Å². The molecule has 110 valence electrons. The van der Waals surface area contributed by atoms with Crippen LogP contribution in [-0.4, -0.2) is 46.3 Å². The third-order valence-corrected chi connectivity index (χ3v) is 3.76. The Morgan fingerprint density at radius 1 is 1.50 bits per heavy atom. The van der Waals surface area contributed by atoms with Crippen molar-refractivity contribution in [2.45, 2.75) is 51.3 Å². The van der Waals surface area contributed by atoms with E-state index in [1.165, 1.54) is 4.90 Å². The molecule has 0 spiro atoms. The molecule has 1 N–H and O–H groups in total. The minimum absolute atomic E-state index is 0.205. The molecule has 20 heavy (non-hydrogen) atoms. The van der Waals surface area contributed by atoms with Gasteiger partial charge in [0, 0.05) is 22.9 Å². The van der Waals surface area contributed by atoms with Gasteiger partial charge >= 0.3 is 12.1 Å². The van der Waals surface area contributed by atoms with Crippen molar-refractivity contribution >= 4 is 12.1 Å². The van der Waals surface area contributed by atoms with E-state index in [-0.39, 0.29) is 18.0 Å². The molecule has 1 aliphatic heterocycles. The van der Waals surface area contributed by atoms with Crippen LogP contribution in [0.2, 0.25) is 0 Å². The number of azide groups is 1. The van der Waals surface area contributed by atoms with Gasteiger partial charge in [-0.3, -0.25) is 4.90 Å². The second kappa shape index (κ2) is 4.56. The molecule has 8 heteroatoms. The fourth-order valence-electron chi connectivity index (χ4n) is 2.82. The number of rotatable bonds is 3. The van der Waals surface area contributed by atoms with Crippen molar-refractivity contribution < 1.29 is 19.4 Å². The van der Waals surface area contributed by atoms with E-state index >= 15 is 0 Å². The highest BCUT2D eigenvalue weighted by Gasteiger charge is 2.67. The highest BCUT2D eigenvalue weighted by molar-refractivity contribution is 5.82. The van der Waals surface area contributed by atoms with Crippen LogP contribution in [-0.2, 0) is 9.53 Å². The predicted molar refractivity (Wildman–Crippen MR) is 69.0 cm³/mol. The van der Waals surface area contributed by atoms with E-state index in [4.69, 9.17) is 10.3 Å². The third kappa shape index (κ3) is 2.51. The Morgan fingerprint density at radius 3 is 2.65 bits per heavy atom. The van der Waals surface area contributed by atoms with Gasteiger partial charge in [0.05, 0.1) is 0 Å². The molecule has 0 aromatic heterocycles. The first-order valence-corrected chi connectivity index (χ1v) is 6.45. The summed E-state index contributed by atoms with van der Waals surface area (Å²) >= 11 is 0. The molecule has 1 aliphatic carbocycles. The van der Waals surface area contributed by atoms with Crippen LogP contribution in [0.3, 0.4) is 0 Å². The summed E-state index contributed by atoms with van der Waals surface area (Å²) in [5.41, 5.74) is 7.34. The largest absolute Gasteiger partial charge is 0.480 e. The van der Waals surface area contributed by atoms with Crippen LogP contribution in [0.15, 0.2) is 5.11 Å². The van der Waals surface area contributed by atoms with Crippen molar-refractivity contribution in [1.82, 2.24) is 4.90 Å². The summed E-state index contributed by atoms with van der Waals surface area (Å²) in [5.74, 6) is -1.05. The highest BCUT2D eigenvalue weighted by atomic mass is 16.6. The summed E-state index contributed by atoms with van der Waals surface area (Å²) in [7, 11) is 0. The smallest absolute Gasteiger partial charge is 0.411 e. The van der Waals surface area contributed by atoms with Crippen LogP contribution in [0, 0.1) is 5.41 Å². The topological polar surface area (TPSA) is 116 Å². The van der Waals surface area contributed by atoms with Crippen molar-refractivity contribution in [3.05, 3.63) is 10.4 Å².